The van der Waals surface area contributed by atoms with Crippen LogP contribution in [0.15, 0.2) is 96.6 Å². The normalized spacial score (nSPS) is 9.97. The highest BCUT2D eigenvalue weighted by Crippen LogP contribution is 2.28. The van der Waals surface area contributed by atoms with Crippen LogP contribution in [-0.2, 0) is 17.8 Å². The van der Waals surface area contributed by atoms with Crippen molar-refractivity contribution in [2.75, 3.05) is 14.2 Å². The molecule has 0 aliphatic rings. The molecule has 4 rings (SSSR count). The van der Waals surface area contributed by atoms with Gasteiger partial charge in [-0.2, -0.15) is 0 Å². The van der Waals surface area contributed by atoms with Gasteiger partial charge in [-0.3, -0.25) is 4.79 Å². The lowest BCUT2D eigenvalue weighted by Crippen LogP contribution is -2.05. The number of benzene rings is 2. The van der Waals surface area contributed by atoms with Crippen LogP contribution in [0.4, 0.5) is 13.2 Å². The van der Waals surface area contributed by atoms with Crippen molar-refractivity contribution in [3.8, 4) is 5.75 Å². The molecule has 0 aliphatic carbocycles. The molecule has 0 fully saturated rings. The fourth-order valence-electron chi connectivity index (χ4n) is 3.39. The Kier molecular flexibility index (Phi) is 15.0. The van der Waals surface area contributed by atoms with Crippen LogP contribution in [0.1, 0.15) is 34.3 Å². The summed E-state index contributed by atoms with van der Waals surface area (Å²) < 4.78 is 47.5. The first kappa shape index (κ1) is 33.5. The van der Waals surface area contributed by atoms with Crippen molar-refractivity contribution in [3.05, 3.63) is 126 Å². The summed E-state index contributed by atoms with van der Waals surface area (Å²) in [4.78, 5) is 11.2. The third-order valence-corrected chi connectivity index (χ3v) is 5.08. The van der Waals surface area contributed by atoms with Crippen molar-refractivity contribution in [2.24, 2.45) is 0 Å². The summed E-state index contributed by atoms with van der Waals surface area (Å²) in [5.74, 6) is -0.945. The molecule has 0 amide bonds. The zero-order valence-electron chi connectivity index (χ0n) is 23.1. The number of hydrogen-bond donors (Lipinski definition) is 2. The number of phenols is 1. The smallest absolute Gasteiger partial charge is 0.159 e. The fraction of sp³-hybridized carbons (Fsp3) is 0.194. The van der Waals surface area contributed by atoms with E-state index in [0.29, 0.717) is 18.7 Å². The maximum Gasteiger partial charge on any atom is 0.159 e. The quantitative estimate of drug-likeness (QED) is 0.139. The van der Waals surface area contributed by atoms with E-state index < -0.39 is 11.6 Å². The van der Waals surface area contributed by atoms with Crippen molar-refractivity contribution in [3.63, 3.8) is 0 Å². The number of aromatic hydroxyl groups is 1. The Bertz CT molecular complexity index is 1390. The number of aldehydes is 1. The van der Waals surface area contributed by atoms with E-state index in [4.69, 9.17) is 4.42 Å². The molecule has 9 heteroatoms. The second-order valence-corrected chi connectivity index (χ2v) is 8.24. The first-order valence-electron chi connectivity index (χ1n) is 12.1. The van der Waals surface area contributed by atoms with Crippen molar-refractivity contribution < 1.29 is 32.2 Å². The van der Waals surface area contributed by atoms with E-state index in [0.717, 1.165) is 40.3 Å². The average Bonchev–Trinajstić information content (AvgIpc) is 3.51. The molecule has 0 spiro atoms. The number of allylic oxidation sites excluding steroid dienone is 3. The van der Waals surface area contributed by atoms with Crippen molar-refractivity contribution in [1.82, 2.24) is 9.88 Å². The van der Waals surface area contributed by atoms with Crippen LogP contribution in [0.25, 0.3) is 10.9 Å². The van der Waals surface area contributed by atoms with Gasteiger partial charge in [0.05, 0.1) is 32.0 Å². The minimum absolute atomic E-state index is 0.158. The van der Waals surface area contributed by atoms with Crippen molar-refractivity contribution >= 4 is 17.2 Å². The maximum atomic E-state index is 12.5. The van der Waals surface area contributed by atoms with E-state index >= 15 is 0 Å². The van der Waals surface area contributed by atoms with Crippen LogP contribution in [0.5, 0.6) is 5.75 Å². The molecule has 0 atom stereocenters. The molecule has 214 valence electrons. The molecule has 6 nitrogen and oxygen atoms in total. The first-order valence-corrected chi connectivity index (χ1v) is 12.1. The van der Waals surface area contributed by atoms with Crippen LogP contribution in [0.2, 0.25) is 0 Å². The number of carbonyl (C=O) groups is 1. The number of halogens is 3. The van der Waals surface area contributed by atoms with Crippen molar-refractivity contribution in [1.29, 1.82) is 0 Å². The number of methoxy groups -OCH3 is 1. The number of phenolic OH excluding ortho intramolecular Hbond substituents is 1. The molecule has 0 aliphatic heterocycles. The second kappa shape index (κ2) is 17.9. The molecule has 0 bridgehead atoms. The summed E-state index contributed by atoms with van der Waals surface area (Å²) in [6.45, 7) is 10.6. The molecule has 2 aromatic heterocycles. The van der Waals surface area contributed by atoms with Crippen LogP contribution >= 0.6 is 0 Å². The van der Waals surface area contributed by atoms with Gasteiger partial charge in [0.15, 0.2) is 17.9 Å². The van der Waals surface area contributed by atoms with E-state index in [1.807, 2.05) is 29.7 Å². The number of aromatic nitrogens is 1. The summed E-state index contributed by atoms with van der Waals surface area (Å²) in [5, 5.41) is 13.2. The minimum Gasteiger partial charge on any atom is -0.508 e. The van der Waals surface area contributed by atoms with Gasteiger partial charge in [-0.05, 0) is 75.0 Å². The third kappa shape index (κ3) is 11.1. The SMILES string of the molecule is C=C(C)F.C=C/C=C\OC.CNCc1ccc(F)c(F)c1.Cc1c(C=O)c2cc(O)ccc2n1Cc1ccco1. The number of furan rings is 1. The third-order valence-electron chi connectivity index (χ3n) is 5.08. The first-order chi connectivity index (χ1) is 19.1. The number of fused-ring (bicyclic) bond motifs is 1. The van der Waals surface area contributed by atoms with Crippen molar-refractivity contribution in [2.45, 2.75) is 26.9 Å². The Labute approximate surface area is 232 Å². The zero-order chi connectivity index (χ0) is 30.1. The number of nitrogens with one attached hydrogen (secondary N) is 1. The highest BCUT2D eigenvalue weighted by molar-refractivity contribution is 6.00. The largest absolute Gasteiger partial charge is 0.508 e. The number of nitrogens with zero attached hydrogens (tertiary/aromatic N) is 1. The van der Waals surface area contributed by atoms with Gasteiger partial charge in [-0.25, -0.2) is 13.2 Å². The zero-order valence-corrected chi connectivity index (χ0v) is 23.1. The topological polar surface area (TPSA) is 76.6 Å². The van der Waals surface area contributed by atoms with E-state index in [1.165, 1.54) is 13.0 Å². The van der Waals surface area contributed by atoms with E-state index in [9.17, 15) is 23.1 Å². The minimum atomic E-state index is -0.801. The van der Waals surface area contributed by atoms with Gasteiger partial charge in [-0.15, -0.1) is 0 Å². The van der Waals surface area contributed by atoms with Crippen LogP contribution < -0.4 is 5.32 Å². The Morgan fingerprint density at radius 2 is 1.88 bits per heavy atom. The molecule has 40 heavy (non-hydrogen) atoms. The van der Waals surface area contributed by atoms with Gasteiger partial charge in [0.2, 0.25) is 0 Å². The predicted octanol–water partition coefficient (Wildman–Crippen LogP) is 7.62. The summed E-state index contributed by atoms with van der Waals surface area (Å²) in [5.41, 5.74) is 3.13. The van der Waals surface area contributed by atoms with E-state index in [2.05, 4.69) is 23.2 Å². The number of ether oxygens (including phenoxy) is 1. The molecule has 0 radical (unpaired) electrons. The lowest BCUT2D eigenvalue weighted by Gasteiger charge is -2.06. The summed E-state index contributed by atoms with van der Waals surface area (Å²) in [7, 11) is 3.35. The summed E-state index contributed by atoms with van der Waals surface area (Å²) >= 11 is 0. The monoisotopic (exact) mass is 556 g/mol. The lowest BCUT2D eigenvalue weighted by atomic mass is 10.1. The highest BCUT2D eigenvalue weighted by Gasteiger charge is 2.14. The Morgan fingerprint density at radius 1 is 1.18 bits per heavy atom. The average molecular weight is 557 g/mol. The molecular formula is C31H35F3N2O4. The second-order valence-electron chi connectivity index (χ2n) is 8.24. The number of rotatable bonds is 7. The van der Waals surface area contributed by atoms with Gasteiger partial charge in [-0.1, -0.05) is 25.3 Å². The Balaban J connectivity index is 0.000000322. The molecular weight excluding hydrogens is 521 g/mol. The molecule has 2 N–H and O–H groups in total. The van der Waals surface area contributed by atoms with Crippen LogP contribution in [-0.4, -0.2) is 30.1 Å². The van der Waals surface area contributed by atoms with Gasteiger partial charge >= 0.3 is 0 Å². The maximum absolute atomic E-state index is 12.5. The van der Waals surface area contributed by atoms with E-state index in [1.54, 1.807) is 57.0 Å². The van der Waals surface area contributed by atoms with E-state index in [-0.39, 0.29) is 11.6 Å². The lowest BCUT2D eigenvalue weighted by molar-refractivity contribution is 0.112. The molecule has 2 aromatic carbocycles. The highest BCUT2D eigenvalue weighted by atomic mass is 19.2. The predicted molar refractivity (Wildman–Crippen MR) is 153 cm³/mol. The molecule has 0 saturated carbocycles. The molecule has 0 saturated heterocycles. The Hall–Kier alpha value is -4.50. The molecule has 2 heterocycles. The summed E-state index contributed by atoms with van der Waals surface area (Å²) in [6.07, 6.45) is 7.40. The number of hydrogen-bond acceptors (Lipinski definition) is 5. The van der Waals surface area contributed by atoms with Gasteiger partial charge in [0.1, 0.15) is 11.5 Å². The van der Waals surface area contributed by atoms with Gasteiger partial charge < -0.3 is 24.1 Å². The molecule has 4 aromatic rings. The molecule has 0 unspecified atom stereocenters. The van der Waals surface area contributed by atoms with Crippen LogP contribution in [0.3, 0.4) is 0 Å². The number of carbonyl (C=O) groups excluding carboxylic acids is 1. The fourth-order valence-corrected chi connectivity index (χ4v) is 3.39. The van der Waals surface area contributed by atoms with Gasteiger partial charge in [0.25, 0.3) is 0 Å². The van der Waals surface area contributed by atoms with Gasteiger partial charge in [0, 0.05) is 28.7 Å². The standard InChI is InChI=1S/C15H13NO3.C8H9F2N.C5H8O.C3H5F/c1-10-14(9-17)13-7-11(18)4-5-15(13)16(10)8-12-3-2-6-19-12;1-11-5-6-2-3-7(9)8(10)4-6;1-3-4-5-6-2;1-3(2)4/h2-7,9,18H,8H2,1H3;2-4,11H,5H2,1H3;3-5H,1H2,2H3;1H2,2H3/b;;5-4-;. The summed E-state index contributed by atoms with van der Waals surface area (Å²) in [6, 6.07) is 12.6. The Morgan fingerprint density at radius 3 is 2.38 bits per heavy atom. The van der Waals surface area contributed by atoms with Crippen LogP contribution in [0, 0.1) is 18.6 Å².